The number of nitrogens with one attached hydrogen (secondary N) is 1. The van der Waals surface area contributed by atoms with Gasteiger partial charge in [-0.1, -0.05) is 42.5 Å². The number of aliphatic hydroxyl groups excluding tert-OH is 1. The molecule has 3 atom stereocenters. The minimum atomic E-state index is -0.698. The van der Waals surface area contributed by atoms with Crippen LogP contribution in [0.5, 0.6) is 0 Å². The number of nitrogens with zero attached hydrogens (tertiary/aromatic N) is 1. The molecule has 0 fully saturated rings. The van der Waals surface area contributed by atoms with E-state index in [1.807, 2.05) is 42.5 Å². The van der Waals surface area contributed by atoms with Crippen LogP contribution in [-0.4, -0.2) is 59.6 Å². The monoisotopic (exact) mass is 431 g/mol. The molecule has 0 radical (unpaired) electrons. The van der Waals surface area contributed by atoms with Crippen molar-refractivity contribution in [3.05, 3.63) is 48.0 Å². The van der Waals surface area contributed by atoms with E-state index >= 15 is 0 Å². The minimum absolute atomic E-state index is 0.0228. The van der Waals surface area contributed by atoms with Crippen molar-refractivity contribution in [2.75, 3.05) is 19.8 Å². The van der Waals surface area contributed by atoms with E-state index in [9.17, 15) is 19.5 Å². The highest BCUT2D eigenvalue weighted by Gasteiger charge is 2.26. The molecule has 4 N–H and O–H groups in total. The molecule has 0 saturated carbocycles. The summed E-state index contributed by atoms with van der Waals surface area (Å²) in [7, 11) is 0. The third kappa shape index (κ3) is 8.51. The average Bonchev–Trinajstić information content (AvgIpc) is 2.76. The lowest BCUT2D eigenvalue weighted by molar-refractivity contribution is -0.146. The quantitative estimate of drug-likeness (QED) is 0.458. The van der Waals surface area contributed by atoms with Crippen molar-refractivity contribution < 1.29 is 24.2 Å². The second-order valence-corrected chi connectivity index (χ2v) is 7.86. The lowest BCUT2D eigenvalue weighted by Gasteiger charge is -2.25. The van der Waals surface area contributed by atoms with Gasteiger partial charge < -0.3 is 25.8 Å². The van der Waals surface area contributed by atoms with E-state index < -0.39 is 24.0 Å². The molecule has 1 aromatic carbocycles. The molecule has 2 amide bonds. The van der Waals surface area contributed by atoms with Crippen molar-refractivity contribution in [3.63, 3.8) is 0 Å². The van der Waals surface area contributed by atoms with E-state index in [2.05, 4.69) is 5.32 Å². The summed E-state index contributed by atoms with van der Waals surface area (Å²) in [5.41, 5.74) is 6.78. The normalized spacial score (nSPS) is 24.0. The van der Waals surface area contributed by atoms with Crippen LogP contribution in [0.4, 0.5) is 0 Å². The van der Waals surface area contributed by atoms with Crippen molar-refractivity contribution in [1.82, 2.24) is 10.2 Å². The summed E-state index contributed by atoms with van der Waals surface area (Å²) >= 11 is 0. The van der Waals surface area contributed by atoms with Crippen LogP contribution >= 0.6 is 0 Å². The van der Waals surface area contributed by atoms with Crippen LogP contribution < -0.4 is 11.1 Å². The zero-order valence-electron chi connectivity index (χ0n) is 18.0. The molecule has 0 spiro atoms. The van der Waals surface area contributed by atoms with Crippen LogP contribution in [0.25, 0.3) is 0 Å². The third-order valence-electron chi connectivity index (χ3n) is 5.13. The summed E-state index contributed by atoms with van der Waals surface area (Å²) in [4.78, 5) is 39.2. The number of aliphatic hydroxyl groups is 1. The molecule has 8 heteroatoms. The van der Waals surface area contributed by atoms with Gasteiger partial charge in [-0.2, -0.15) is 0 Å². The van der Waals surface area contributed by atoms with Gasteiger partial charge in [-0.25, -0.2) is 0 Å². The summed E-state index contributed by atoms with van der Waals surface area (Å²) in [6, 6.07) is 8.42. The summed E-state index contributed by atoms with van der Waals surface area (Å²) in [6.45, 7) is 2.17. The maximum atomic E-state index is 13.0. The van der Waals surface area contributed by atoms with Crippen molar-refractivity contribution in [2.24, 2.45) is 11.7 Å². The van der Waals surface area contributed by atoms with Crippen molar-refractivity contribution in [3.8, 4) is 0 Å². The number of carbonyl (C=O) groups excluding carboxylic acids is 3. The first-order valence-electron chi connectivity index (χ1n) is 10.7. The number of ether oxygens (including phenoxy) is 1. The fourth-order valence-electron chi connectivity index (χ4n) is 3.33. The molecule has 31 heavy (non-hydrogen) atoms. The number of cyclic esters (lactones) is 1. The van der Waals surface area contributed by atoms with Crippen LogP contribution in [-0.2, 0) is 25.7 Å². The van der Waals surface area contributed by atoms with Gasteiger partial charge >= 0.3 is 5.97 Å². The smallest absolute Gasteiger partial charge is 0.322 e. The van der Waals surface area contributed by atoms with Crippen molar-refractivity contribution in [2.45, 2.75) is 51.2 Å². The Labute approximate surface area is 183 Å². The Balaban J connectivity index is 2.08. The first kappa shape index (κ1) is 24.6. The Morgan fingerprint density at radius 3 is 2.71 bits per heavy atom. The van der Waals surface area contributed by atoms with Crippen LogP contribution in [0.15, 0.2) is 42.5 Å². The van der Waals surface area contributed by atoms with Crippen LogP contribution in [0, 0.1) is 5.92 Å². The molecule has 0 aromatic heterocycles. The number of nitrogens with two attached hydrogens (primary N) is 1. The van der Waals surface area contributed by atoms with Gasteiger partial charge in [0.2, 0.25) is 11.8 Å². The lowest BCUT2D eigenvalue weighted by atomic mass is 9.98. The molecule has 2 rings (SSSR count). The molecule has 1 aromatic rings. The molecule has 0 unspecified atom stereocenters. The standard InChI is InChI=1S/C23H33N3O5/c1-17-16-31-23(30)20(24)11-7-3-6-10-19(22(29)25-17)14-21(28)26(12-13-27)15-18-8-4-2-5-9-18/h2-6,8-9,17,19-20,27H,7,10-16,24H2,1H3,(H,25,29)/b6-3+/t17-,19-,20-/m0/s1. The van der Waals surface area contributed by atoms with Crippen LogP contribution in [0.3, 0.4) is 0 Å². The number of rotatable bonds is 6. The molecule has 1 aliphatic heterocycles. The number of hydrogen-bond donors (Lipinski definition) is 3. The zero-order valence-corrected chi connectivity index (χ0v) is 18.0. The van der Waals surface area contributed by atoms with E-state index in [0.29, 0.717) is 25.8 Å². The predicted molar refractivity (Wildman–Crippen MR) is 117 cm³/mol. The van der Waals surface area contributed by atoms with E-state index in [1.165, 1.54) is 0 Å². The molecule has 1 aliphatic rings. The van der Waals surface area contributed by atoms with E-state index in [0.717, 1.165) is 5.56 Å². The largest absolute Gasteiger partial charge is 0.462 e. The molecule has 170 valence electrons. The van der Waals surface area contributed by atoms with Gasteiger partial charge in [-0.3, -0.25) is 14.4 Å². The Morgan fingerprint density at radius 2 is 2.00 bits per heavy atom. The van der Waals surface area contributed by atoms with E-state index in [1.54, 1.807) is 11.8 Å². The zero-order chi connectivity index (χ0) is 22.6. The van der Waals surface area contributed by atoms with E-state index in [4.69, 9.17) is 10.5 Å². The molecule has 0 aliphatic carbocycles. The van der Waals surface area contributed by atoms with Gasteiger partial charge in [-0.15, -0.1) is 0 Å². The fourth-order valence-corrected chi connectivity index (χ4v) is 3.33. The highest BCUT2D eigenvalue weighted by Crippen LogP contribution is 2.16. The maximum Gasteiger partial charge on any atom is 0.322 e. The van der Waals surface area contributed by atoms with E-state index in [-0.39, 0.29) is 38.0 Å². The number of amides is 2. The second kappa shape index (κ2) is 12.9. The molecular formula is C23H33N3O5. The average molecular weight is 432 g/mol. The fraction of sp³-hybridized carbons (Fsp3) is 0.522. The Kier molecular flexibility index (Phi) is 10.2. The first-order valence-corrected chi connectivity index (χ1v) is 10.7. The summed E-state index contributed by atoms with van der Waals surface area (Å²) in [5, 5.41) is 12.2. The lowest BCUT2D eigenvalue weighted by Crippen LogP contribution is -2.43. The number of carbonyl (C=O) groups is 3. The Hall–Kier alpha value is -2.71. The summed E-state index contributed by atoms with van der Waals surface area (Å²) < 4.78 is 5.18. The number of allylic oxidation sites excluding steroid dienone is 2. The second-order valence-electron chi connectivity index (χ2n) is 7.86. The van der Waals surface area contributed by atoms with Crippen LogP contribution in [0.2, 0.25) is 0 Å². The maximum absolute atomic E-state index is 13.0. The Bertz CT molecular complexity index is 753. The molecule has 0 saturated heterocycles. The first-order chi connectivity index (χ1) is 14.9. The van der Waals surface area contributed by atoms with Gasteiger partial charge in [0, 0.05) is 19.5 Å². The number of benzene rings is 1. The predicted octanol–water partition coefficient (Wildman–Crippen LogP) is 1.13. The minimum Gasteiger partial charge on any atom is -0.462 e. The van der Waals surface area contributed by atoms with Crippen molar-refractivity contribution >= 4 is 17.8 Å². The molecule has 1 heterocycles. The SMILES string of the molecule is C[C@H]1COC(=O)[C@@H](N)CC/C=C/C[C@@H](CC(=O)N(CCO)Cc2ccccc2)C(=O)N1. The van der Waals surface area contributed by atoms with Gasteiger partial charge in [0.05, 0.1) is 18.6 Å². The van der Waals surface area contributed by atoms with Gasteiger partial charge in [0.15, 0.2) is 0 Å². The van der Waals surface area contributed by atoms with Gasteiger partial charge in [0.1, 0.15) is 12.6 Å². The number of esters is 1. The third-order valence-corrected chi connectivity index (χ3v) is 5.13. The Morgan fingerprint density at radius 1 is 1.26 bits per heavy atom. The van der Waals surface area contributed by atoms with Crippen LogP contribution in [0.1, 0.15) is 38.2 Å². The highest BCUT2D eigenvalue weighted by atomic mass is 16.5. The van der Waals surface area contributed by atoms with Gasteiger partial charge in [-0.05, 0) is 31.7 Å². The molecular weight excluding hydrogens is 398 g/mol. The molecule has 8 nitrogen and oxygen atoms in total. The highest BCUT2D eigenvalue weighted by molar-refractivity contribution is 5.86. The van der Waals surface area contributed by atoms with Gasteiger partial charge in [0.25, 0.3) is 0 Å². The topological polar surface area (TPSA) is 122 Å². The summed E-state index contributed by atoms with van der Waals surface area (Å²) in [6.07, 6.45) is 5.18. The number of hydrogen-bond acceptors (Lipinski definition) is 6. The van der Waals surface area contributed by atoms with Crippen molar-refractivity contribution in [1.29, 1.82) is 0 Å². The summed E-state index contributed by atoms with van der Waals surface area (Å²) in [5.74, 6) is -1.51. The molecule has 0 bridgehead atoms.